The number of nitrogens with one attached hydrogen (secondary N) is 1. The van der Waals surface area contributed by atoms with E-state index in [1.807, 2.05) is 13.8 Å². The molecule has 0 aromatic rings. The van der Waals surface area contributed by atoms with Gasteiger partial charge in [0, 0.05) is 22.0 Å². The summed E-state index contributed by atoms with van der Waals surface area (Å²) in [5.74, 6) is 0.228. The van der Waals surface area contributed by atoms with E-state index in [4.69, 9.17) is 0 Å². The van der Waals surface area contributed by atoms with Crippen molar-refractivity contribution in [2.24, 2.45) is 0 Å². The molecule has 0 bridgehead atoms. The fourth-order valence-corrected chi connectivity index (χ4v) is 8.14. The van der Waals surface area contributed by atoms with Crippen LogP contribution in [0.25, 0.3) is 0 Å². The van der Waals surface area contributed by atoms with E-state index in [2.05, 4.69) is 23.9 Å². The van der Waals surface area contributed by atoms with Gasteiger partial charge in [-0.25, -0.2) is 4.79 Å². The molecule has 1 aliphatic heterocycles. The predicted molar refractivity (Wildman–Crippen MR) is 127 cm³/mol. The van der Waals surface area contributed by atoms with Gasteiger partial charge < -0.3 is 10.4 Å². The number of carbonyl (C=O) groups is 2. The Kier molecular flexibility index (Phi) is 12.8. The lowest BCUT2D eigenvalue weighted by Gasteiger charge is -2.27. The first-order chi connectivity index (χ1) is 12.3. The zero-order valence-electron chi connectivity index (χ0n) is 15.4. The van der Waals surface area contributed by atoms with Crippen molar-refractivity contribution in [2.75, 3.05) is 11.5 Å². The van der Waals surface area contributed by atoms with Crippen LogP contribution in [0.5, 0.6) is 0 Å². The van der Waals surface area contributed by atoms with Crippen LogP contribution in [0.2, 0.25) is 0 Å². The molecule has 0 aromatic heterocycles. The van der Waals surface area contributed by atoms with Crippen molar-refractivity contribution in [3.63, 3.8) is 0 Å². The van der Waals surface area contributed by atoms with Crippen LogP contribution < -0.4 is 5.32 Å². The Balaban J connectivity index is 2.58. The molecule has 4 nitrogen and oxygen atoms in total. The van der Waals surface area contributed by atoms with E-state index in [0.29, 0.717) is 16.3 Å². The molecule has 1 saturated heterocycles. The third kappa shape index (κ3) is 10.0. The second kappa shape index (κ2) is 13.3. The van der Waals surface area contributed by atoms with Crippen molar-refractivity contribution in [2.45, 2.75) is 74.2 Å². The molecule has 1 fully saturated rings. The van der Waals surface area contributed by atoms with E-state index in [1.54, 1.807) is 43.2 Å². The number of carboxylic acid groups (broad SMARTS) is 1. The Bertz CT molecular complexity index is 452. The second-order valence-electron chi connectivity index (χ2n) is 6.77. The largest absolute Gasteiger partial charge is 0.480 e. The highest BCUT2D eigenvalue weighted by Gasteiger charge is 2.33. The topological polar surface area (TPSA) is 66.4 Å². The van der Waals surface area contributed by atoms with Gasteiger partial charge >= 0.3 is 5.97 Å². The van der Waals surface area contributed by atoms with Gasteiger partial charge in [0.1, 0.15) is 6.04 Å². The molecule has 1 rings (SSSR count). The van der Waals surface area contributed by atoms with E-state index < -0.39 is 16.8 Å². The molecular weight excluding hydrogens is 447 g/mol. The average Bonchev–Trinajstić information content (AvgIpc) is 2.59. The number of hydrogen-bond donors (Lipinski definition) is 3. The van der Waals surface area contributed by atoms with Gasteiger partial charge in [-0.1, -0.05) is 73.7 Å². The number of amides is 1. The molecule has 10 heteroatoms. The highest BCUT2D eigenvalue weighted by molar-refractivity contribution is 8.77. The molecule has 1 heterocycles. The monoisotopic (exact) mass is 475 g/mol. The van der Waals surface area contributed by atoms with Crippen LogP contribution in [0.15, 0.2) is 0 Å². The van der Waals surface area contributed by atoms with Gasteiger partial charge in [-0.15, -0.1) is 11.7 Å². The third-order valence-corrected chi connectivity index (χ3v) is 11.9. The maximum absolute atomic E-state index is 12.5. The number of carbonyl (C=O) groups excluding carboxylic acids is 1. The van der Waals surface area contributed by atoms with E-state index in [0.717, 1.165) is 18.6 Å². The highest BCUT2D eigenvalue weighted by atomic mass is 33.1. The molecule has 3 atom stereocenters. The third-order valence-electron chi connectivity index (χ3n) is 3.95. The van der Waals surface area contributed by atoms with Gasteiger partial charge in [0.15, 0.2) is 0 Å². The quantitative estimate of drug-likeness (QED) is 0.257. The maximum atomic E-state index is 12.5. The number of unbranched alkanes of at least 4 members (excludes halogenated alkanes) is 1. The van der Waals surface area contributed by atoms with E-state index >= 15 is 0 Å². The molecule has 1 aliphatic rings. The van der Waals surface area contributed by atoms with Gasteiger partial charge in [-0.05, 0) is 33.1 Å². The molecule has 3 unspecified atom stereocenters. The van der Waals surface area contributed by atoms with Crippen LogP contribution in [-0.2, 0) is 9.59 Å². The van der Waals surface area contributed by atoms with Crippen LogP contribution >= 0.6 is 65.6 Å². The van der Waals surface area contributed by atoms with Crippen molar-refractivity contribution in [1.82, 2.24) is 5.32 Å². The fraction of sp³-hybridized carbons (Fsp3) is 0.875. The highest BCUT2D eigenvalue weighted by Crippen LogP contribution is 2.42. The lowest BCUT2D eigenvalue weighted by Crippen LogP contribution is -2.49. The standard InChI is InChI=1S/C16H29NO3S6/c1-11(24-21)6-4-5-7-12-8-9-22-23-10-13(14(18)19)17-15(20)16(2,3)26-25-12/h11-13,21H,4-10H2,1-3H3,(H,17,20)(H,18,19). The minimum atomic E-state index is -0.969. The molecule has 0 saturated carbocycles. The number of aliphatic carboxylic acids is 1. The van der Waals surface area contributed by atoms with Crippen LogP contribution in [0.4, 0.5) is 0 Å². The Labute approximate surface area is 182 Å². The van der Waals surface area contributed by atoms with Gasteiger partial charge in [0.05, 0.1) is 4.75 Å². The lowest BCUT2D eigenvalue weighted by molar-refractivity contribution is -0.141. The normalized spacial score (nSPS) is 26.2. The summed E-state index contributed by atoms with van der Waals surface area (Å²) in [5.41, 5.74) is 0. The van der Waals surface area contributed by atoms with Crippen LogP contribution in [-0.4, -0.2) is 49.8 Å². The maximum Gasteiger partial charge on any atom is 0.327 e. The number of carboxylic acids is 1. The summed E-state index contributed by atoms with van der Waals surface area (Å²) < 4.78 is -0.648. The minimum absolute atomic E-state index is 0.202. The van der Waals surface area contributed by atoms with Crippen molar-refractivity contribution >= 4 is 77.5 Å². The van der Waals surface area contributed by atoms with E-state index in [1.165, 1.54) is 30.1 Å². The molecule has 26 heavy (non-hydrogen) atoms. The Hall–Kier alpha value is 1.04. The molecule has 0 aromatic carbocycles. The van der Waals surface area contributed by atoms with Crippen molar-refractivity contribution in [1.29, 1.82) is 0 Å². The summed E-state index contributed by atoms with van der Waals surface area (Å²) in [4.78, 5) is 23.8. The predicted octanol–water partition coefficient (Wildman–Crippen LogP) is 5.40. The fourth-order valence-electron chi connectivity index (χ4n) is 2.18. The van der Waals surface area contributed by atoms with Gasteiger partial charge in [0.25, 0.3) is 0 Å². The zero-order valence-corrected chi connectivity index (χ0v) is 20.4. The summed E-state index contributed by atoms with van der Waals surface area (Å²) in [6.07, 6.45) is 5.84. The summed E-state index contributed by atoms with van der Waals surface area (Å²) in [6.45, 7) is 5.95. The first-order valence-corrected chi connectivity index (χ1v) is 15.3. The van der Waals surface area contributed by atoms with E-state index in [9.17, 15) is 14.7 Å². The summed E-state index contributed by atoms with van der Waals surface area (Å²) in [7, 11) is 8.22. The molecule has 1 amide bonds. The number of hydrogen-bond acceptors (Lipinski definition) is 8. The molecule has 152 valence electrons. The average molecular weight is 476 g/mol. The molecule has 0 spiro atoms. The minimum Gasteiger partial charge on any atom is -0.480 e. The molecule has 0 aliphatic carbocycles. The van der Waals surface area contributed by atoms with Crippen molar-refractivity contribution in [3.05, 3.63) is 0 Å². The van der Waals surface area contributed by atoms with Crippen LogP contribution in [0.3, 0.4) is 0 Å². The smallest absolute Gasteiger partial charge is 0.327 e. The summed E-state index contributed by atoms with van der Waals surface area (Å²) >= 11 is 4.26. The molecule has 2 N–H and O–H groups in total. The Morgan fingerprint density at radius 2 is 2.15 bits per heavy atom. The van der Waals surface area contributed by atoms with E-state index in [-0.39, 0.29) is 5.91 Å². The summed E-state index contributed by atoms with van der Waals surface area (Å²) in [6, 6.07) is -0.827. The van der Waals surface area contributed by atoms with Gasteiger partial charge in [-0.3, -0.25) is 4.79 Å². The zero-order chi connectivity index (χ0) is 19.6. The number of rotatable bonds is 7. The van der Waals surface area contributed by atoms with Crippen LogP contribution in [0.1, 0.15) is 52.9 Å². The van der Waals surface area contributed by atoms with Crippen molar-refractivity contribution in [3.8, 4) is 0 Å². The van der Waals surface area contributed by atoms with Gasteiger partial charge in [0.2, 0.25) is 5.91 Å². The SMILES string of the molecule is CC(CCCCC1CCSSCC(C(=O)O)NC(=O)C(C)(C)SS1)SS. The Morgan fingerprint density at radius 1 is 1.42 bits per heavy atom. The van der Waals surface area contributed by atoms with Crippen molar-refractivity contribution < 1.29 is 14.7 Å². The lowest BCUT2D eigenvalue weighted by atomic mass is 10.1. The second-order valence-corrected chi connectivity index (χ2v) is 14.2. The van der Waals surface area contributed by atoms with Gasteiger partial charge in [-0.2, -0.15) is 0 Å². The molecule has 0 radical (unpaired) electrons. The summed E-state index contributed by atoms with van der Waals surface area (Å²) in [5, 5.41) is 13.1. The number of thiol groups is 1. The van der Waals surface area contributed by atoms with Crippen LogP contribution in [0, 0.1) is 0 Å². The molecular formula is C16H29NO3S6. The first-order valence-electron chi connectivity index (χ1n) is 8.69. The Morgan fingerprint density at radius 3 is 2.81 bits per heavy atom. The first kappa shape index (κ1) is 25.1.